The Morgan fingerprint density at radius 1 is 1.14 bits per heavy atom. The van der Waals surface area contributed by atoms with Crippen LogP contribution >= 0.6 is 11.6 Å². The maximum atomic E-state index is 6.51. The largest absolute Gasteiger partial charge is 0.316 e. The second-order valence-corrected chi connectivity index (χ2v) is 7.75. The smallest absolute Gasteiger partial charge is 0.0444 e. The zero-order valence-electron chi connectivity index (χ0n) is 14.0. The van der Waals surface area contributed by atoms with Gasteiger partial charge in [0.1, 0.15) is 0 Å². The van der Waals surface area contributed by atoms with Crippen LogP contribution in [0, 0.1) is 11.3 Å². The van der Waals surface area contributed by atoms with Gasteiger partial charge in [-0.25, -0.2) is 0 Å². The van der Waals surface area contributed by atoms with Gasteiger partial charge in [-0.1, -0.05) is 70.3 Å². The summed E-state index contributed by atoms with van der Waals surface area (Å²) in [5.74, 6) is 0.690. The molecule has 1 aromatic rings. The molecule has 0 heterocycles. The Kier molecular flexibility index (Phi) is 5.38. The van der Waals surface area contributed by atoms with E-state index in [9.17, 15) is 0 Å². The number of rotatable bonds is 7. The summed E-state index contributed by atoms with van der Waals surface area (Å²) in [6, 6.07) is 8.43. The van der Waals surface area contributed by atoms with Crippen molar-refractivity contribution in [2.24, 2.45) is 11.3 Å². The molecule has 0 aromatic heterocycles. The van der Waals surface area contributed by atoms with Crippen LogP contribution in [0.3, 0.4) is 0 Å². The molecule has 0 unspecified atom stereocenters. The number of nitrogens with one attached hydrogen (secondary N) is 1. The summed E-state index contributed by atoms with van der Waals surface area (Å²) < 4.78 is 0. The third-order valence-corrected chi connectivity index (χ3v) is 5.72. The first-order chi connectivity index (χ1) is 9.97. The van der Waals surface area contributed by atoms with E-state index in [0.717, 1.165) is 18.1 Å². The van der Waals surface area contributed by atoms with Gasteiger partial charge in [0, 0.05) is 17.0 Å². The number of hydrogen-bond donors (Lipinski definition) is 1. The van der Waals surface area contributed by atoms with E-state index < -0.39 is 0 Å². The van der Waals surface area contributed by atoms with Crippen molar-refractivity contribution in [3.63, 3.8) is 0 Å². The Morgan fingerprint density at radius 3 is 2.29 bits per heavy atom. The van der Waals surface area contributed by atoms with Gasteiger partial charge in [0.05, 0.1) is 0 Å². The van der Waals surface area contributed by atoms with Gasteiger partial charge in [-0.2, -0.15) is 0 Å². The van der Waals surface area contributed by atoms with Crippen LogP contribution in [-0.4, -0.2) is 13.1 Å². The first-order valence-electron chi connectivity index (χ1n) is 8.43. The second-order valence-electron chi connectivity index (χ2n) is 7.35. The molecule has 2 rings (SSSR count). The molecule has 1 aromatic carbocycles. The summed E-state index contributed by atoms with van der Waals surface area (Å²) >= 11 is 6.51. The summed E-state index contributed by atoms with van der Waals surface area (Å²) in [6.45, 7) is 11.3. The zero-order chi connectivity index (χ0) is 15.5. The molecule has 21 heavy (non-hydrogen) atoms. The summed E-state index contributed by atoms with van der Waals surface area (Å²) in [7, 11) is 0. The lowest BCUT2D eigenvalue weighted by Crippen LogP contribution is -2.54. The molecule has 0 saturated heterocycles. The average molecular weight is 308 g/mol. The predicted molar refractivity (Wildman–Crippen MR) is 93.1 cm³/mol. The molecule has 1 N–H and O–H groups in total. The molecule has 0 spiro atoms. The molecule has 0 radical (unpaired) electrons. The highest BCUT2D eigenvalue weighted by Crippen LogP contribution is 2.59. The standard InChI is InChI=1S/C19H30ClN/c1-5-18(6-2)12-19(13-18,14-21-11-15(3)4)16-9-7-8-10-17(16)20/h7-10,15,21H,5-6,11-14H2,1-4H3. The molecular weight excluding hydrogens is 278 g/mol. The van der Waals surface area contributed by atoms with E-state index in [1.807, 2.05) is 12.1 Å². The van der Waals surface area contributed by atoms with Crippen LogP contribution in [0.15, 0.2) is 24.3 Å². The van der Waals surface area contributed by atoms with Crippen LogP contribution in [0.2, 0.25) is 5.02 Å². The lowest BCUT2D eigenvalue weighted by Gasteiger charge is -2.57. The SMILES string of the molecule is CCC1(CC)CC(CNCC(C)C)(c2ccccc2Cl)C1. The van der Waals surface area contributed by atoms with Crippen LogP contribution in [0.5, 0.6) is 0 Å². The maximum absolute atomic E-state index is 6.51. The third kappa shape index (κ3) is 3.46. The van der Waals surface area contributed by atoms with E-state index in [-0.39, 0.29) is 5.41 Å². The normalized spacial score (nSPS) is 19.5. The molecule has 0 amide bonds. The second kappa shape index (κ2) is 6.71. The van der Waals surface area contributed by atoms with Crippen molar-refractivity contribution in [1.29, 1.82) is 0 Å². The van der Waals surface area contributed by atoms with Crippen LogP contribution < -0.4 is 5.32 Å². The summed E-state index contributed by atoms with van der Waals surface area (Å²) in [5.41, 5.74) is 2.11. The van der Waals surface area contributed by atoms with Crippen molar-refractivity contribution in [3.05, 3.63) is 34.9 Å². The number of halogens is 1. The summed E-state index contributed by atoms with van der Waals surface area (Å²) in [5, 5.41) is 4.62. The molecule has 0 aliphatic heterocycles. The molecule has 0 atom stereocenters. The van der Waals surface area contributed by atoms with E-state index in [1.165, 1.54) is 31.2 Å². The Balaban J connectivity index is 2.19. The topological polar surface area (TPSA) is 12.0 Å². The molecule has 2 heteroatoms. The molecule has 1 aliphatic carbocycles. The van der Waals surface area contributed by atoms with Crippen molar-refractivity contribution in [3.8, 4) is 0 Å². The van der Waals surface area contributed by atoms with Crippen molar-refractivity contribution in [2.45, 2.75) is 58.8 Å². The molecule has 118 valence electrons. The maximum Gasteiger partial charge on any atom is 0.0444 e. The van der Waals surface area contributed by atoms with Crippen LogP contribution in [0.4, 0.5) is 0 Å². The molecule has 0 bridgehead atoms. The fraction of sp³-hybridized carbons (Fsp3) is 0.684. The van der Waals surface area contributed by atoms with Gasteiger partial charge >= 0.3 is 0 Å². The zero-order valence-corrected chi connectivity index (χ0v) is 14.8. The van der Waals surface area contributed by atoms with E-state index in [1.54, 1.807) is 0 Å². The minimum absolute atomic E-state index is 0.235. The Morgan fingerprint density at radius 2 is 1.76 bits per heavy atom. The van der Waals surface area contributed by atoms with Gasteiger partial charge in [-0.3, -0.25) is 0 Å². The van der Waals surface area contributed by atoms with Gasteiger partial charge in [0.15, 0.2) is 0 Å². The van der Waals surface area contributed by atoms with Gasteiger partial charge in [0.25, 0.3) is 0 Å². The van der Waals surface area contributed by atoms with Crippen LogP contribution in [0.1, 0.15) is 58.9 Å². The Labute approximate surface area is 135 Å². The quantitative estimate of drug-likeness (QED) is 0.709. The lowest BCUT2D eigenvalue weighted by molar-refractivity contribution is 0.0127. The minimum Gasteiger partial charge on any atom is -0.316 e. The van der Waals surface area contributed by atoms with Gasteiger partial charge in [-0.15, -0.1) is 0 Å². The fourth-order valence-corrected chi connectivity index (χ4v) is 4.37. The Bertz CT molecular complexity index is 454. The Hall–Kier alpha value is -0.530. The van der Waals surface area contributed by atoms with Gasteiger partial charge in [0.2, 0.25) is 0 Å². The summed E-state index contributed by atoms with van der Waals surface area (Å²) in [6.07, 6.45) is 5.09. The molecule has 1 fully saturated rings. The van der Waals surface area contributed by atoms with Gasteiger partial charge in [-0.05, 0) is 42.3 Å². The van der Waals surface area contributed by atoms with Crippen molar-refractivity contribution >= 4 is 11.6 Å². The molecule has 1 aliphatic rings. The van der Waals surface area contributed by atoms with E-state index in [2.05, 4.69) is 45.1 Å². The predicted octanol–water partition coefficient (Wildman–Crippen LogP) is 5.42. The first-order valence-corrected chi connectivity index (χ1v) is 8.80. The van der Waals surface area contributed by atoms with Crippen LogP contribution in [-0.2, 0) is 5.41 Å². The molecular formula is C19H30ClN. The summed E-state index contributed by atoms with van der Waals surface area (Å²) in [4.78, 5) is 0. The highest BCUT2D eigenvalue weighted by molar-refractivity contribution is 6.31. The fourth-order valence-electron chi connectivity index (χ4n) is 4.04. The van der Waals surface area contributed by atoms with Crippen molar-refractivity contribution < 1.29 is 0 Å². The number of benzene rings is 1. The number of hydrogen-bond acceptors (Lipinski definition) is 1. The van der Waals surface area contributed by atoms with E-state index >= 15 is 0 Å². The molecule has 1 nitrogen and oxygen atoms in total. The highest BCUT2D eigenvalue weighted by atomic mass is 35.5. The minimum atomic E-state index is 0.235. The van der Waals surface area contributed by atoms with Gasteiger partial charge < -0.3 is 5.32 Å². The van der Waals surface area contributed by atoms with E-state index in [0.29, 0.717) is 11.3 Å². The first kappa shape index (κ1) is 16.8. The monoisotopic (exact) mass is 307 g/mol. The third-order valence-electron chi connectivity index (χ3n) is 5.39. The van der Waals surface area contributed by atoms with Crippen molar-refractivity contribution in [2.75, 3.05) is 13.1 Å². The van der Waals surface area contributed by atoms with E-state index in [4.69, 9.17) is 11.6 Å². The average Bonchev–Trinajstić information content (AvgIpc) is 2.42. The van der Waals surface area contributed by atoms with Crippen LogP contribution in [0.25, 0.3) is 0 Å². The lowest BCUT2D eigenvalue weighted by atomic mass is 9.48. The highest BCUT2D eigenvalue weighted by Gasteiger charge is 2.53. The molecule has 1 saturated carbocycles. The van der Waals surface area contributed by atoms with Crippen molar-refractivity contribution in [1.82, 2.24) is 5.32 Å².